The van der Waals surface area contributed by atoms with Crippen molar-refractivity contribution in [2.24, 2.45) is 0 Å². The van der Waals surface area contributed by atoms with E-state index in [9.17, 15) is 13.9 Å². The van der Waals surface area contributed by atoms with Crippen LogP contribution >= 0.6 is 15.9 Å². The number of methoxy groups -OCH3 is 1. The van der Waals surface area contributed by atoms with Gasteiger partial charge < -0.3 is 15.2 Å². The molecule has 0 fully saturated rings. The van der Waals surface area contributed by atoms with Gasteiger partial charge in [-0.2, -0.15) is 0 Å². The van der Waals surface area contributed by atoms with Gasteiger partial charge in [0.25, 0.3) is 0 Å². The summed E-state index contributed by atoms with van der Waals surface area (Å²) < 4.78 is 31.8. The SMILES string of the molecule is COc1cc(CNc2ccc(F)cc2F)cc(Br)c1O. The summed E-state index contributed by atoms with van der Waals surface area (Å²) in [5, 5.41) is 12.5. The lowest BCUT2D eigenvalue weighted by atomic mass is 10.2. The molecule has 0 saturated carbocycles. The molecule has 0 radical (unpaired) electrons. The van der Waals surface area contributed by atoms with Crippen molar-refractivity contribution in [3.8, 4) is 11.5 Å². The van der Waals surface area contributed by atoms with Gasteiger partial charge in [-0.25, -0.2) is 8.78 Å². The molecular weight excluding hydrogens is 332 g/mol. The molecule has 0 unspecified atom stereocenters. The van der Waals surface area contributed by atoms with Crippen LogP contribution in [0.1, 0.15) is 5.56 Å². The van der Waals surface area contributed by atoms with Crippen LogP contribution < -0.4 is 10.1 Å². The van der Waals surface area contributed by atoms with Gasteiger partial charge in [0.1, 0.15) is 11.6 Å². The van der Waals surface area contributed by atoms with Crippen molar-refractivity contribution >= 4 is 21.6 Å². The molecule has 0 aliphatic carbocycles. The van der Waals surface area contributed by atoms with E-state index in [1.165, 1.54) is 19.2 Å². The van der Waals surface area contributed by atoms with Gasteiger partial charge >= 0.3 is 0 Å². The second-order valence-corrected chi connectivity index (χ2v) is 4.96. The van der Waals surface area contributed by atoms with Gasteiger partial charge in [0, 0.05) is 12.6 Å². The van der Waals surface area contributed by atoms with Crippen molar-refractivity contribution in [2.45, 2.75) is 6.54 Å². The third-order valence-electron chi connectivity index (χ3n) is 2.72. The number of hydrogen-bond acceptors (Lipinski definition) is 3. The molecule has 0 spiro atoms. The lowest BCUT2D eigenvalue weighted by Crippen LogP contribution is -2.02. The number of phenols is 1. The maximum atomic E-state index is 13.5. The first kappa shape index (κ1) is 14.6. The number of aromatic hydroxyl groups is 1. The zero-order valence-electron chi connectivity index (χ0n) is 10.6. The van der Waals surface area contributed by atoms with Crippen LogP contribution in [0, 0.1) is 11.6 Å². The molecule has 2 N–H and O–H groups in total. The number of halogens is 3. The maximum Gasteiger partial charge on any atom is 0.172 e. The molecule has 0 atom stereocenters. The minimum Gasteiger partial charge on any atom is -0.503 e. The van der Waals surface area contributed by atoms with Gasteiger partial charge in [-0.15, -0.1) is 0 Å². The van der Waals surface area contributed by atoms with Gasteiger partial charge in [-0.05, 0) is 45.8 Å². The van der Waals surface area contributed by atoms with Crippen LogP contribution in [-0.2, 0) is 6.54 Å². The Kier molecular flexibility index (Phi) is 4.44. The van der Waals surface area contributed by atoms with E-state index >= 15 is 0 Å². The Labute approximate surface area is 123 Å². The van der Waals surface area contributed by atoms with Gasteiger partial charge in [0.2, 0.25) is 0 Å². The number of hydrogen-bond donors (Lipinski definition) is 2. The quantitative estimate of drug-likeness (QED) is 0.879. The first-order valence-corrected chi connectivity index (χ1v) is 6.55. The highest BCUT2D eigenvalue weighted by atomic mass is 79.9. The van der Waals surface area contributed by atoms with Crippen molar-refractivity contribution in [3.05, 3.63) is 52.0 Å². The van der Waals surface area contributed by atoms with Gasteiger partial charge in [-0.1, -0.05) is 0 Å². The second-order valence-electron chi connectivity index (χ2n) is 4.11. The van der Waals surface area contributed by atoms with Crippen LogP contribution in [0.3, 0.4) is 0 Å². The molecule has 0 aromatic heterocycles. The number of phenolic OH excluding ortho intramolecular Hbond substituents is 1. The third-order valence-corrected chi connectivity index (χ3v) is 3.33. The van der Waals surface area contributed by atoms with Gasteiger partial charge in [-0.3, -0.25) is 0 Å². The molecule has 2 rings (SSSR count). The average Bonchev–Trinajstić information content (AvgIpc) is 2.41. The molecule has 3 nitrogen and oxygen atoms in total. The molecule has 0 heterocycles. The molecular formula is C14H12BrF2NO2. The molecule has 2 aromatic carbocycles. The molecule has 0 amide bonds. The molecule has 20 heavy (non-hydrogen) atoms. The fourth-order valence-corrected chi connectivity index (χ4v) is 2.20. The van der Waals surface area contributed by atoms with Crippen LogP contribution in [0.5, 0.6) is 11.5 Å². The number of benzene rings is 2. The summed E-state index contributed by atoms with van der Waals surface area (Å²) in [6, 6.07) is 6.65. The van der Waals surface area contributed by atoms with E-state index in [2.05, 4.69) is 21.2 Å². The first-order valence-electron chi connectivity index (χ1n) is 5.75. The van der Waals surface area contributed by atoms with Crippen molar-refractivity contribution in [3.63, 3.8) is 0 Å². The van der Waals surface area contributed by atoms with E-state index in [4.69, 9.17) is 4.74 Å². The molecule has 6 heteroatoms. The monoisotopic (exact) mass is 343 g/mol. The molecule has 0 bridgehead atoms. The molecule has 0 aliphatic heterocycles. The maximum absolute atomic E-state index is 13.5. The molecule has 106 valence electrons. The Morgan fingerprint density at radius 3 is 2.65 bits per heavy atom. The highest BCUT2D eigenvalue weighted by Crippen LogP contribution is 2.35. The zero-order chi connectivity index (χ0) is 14.7. The number of rotatable bonds is 4. The Morgan fingerprint density at radius 2 is 2.00 bits per heavy atom. The molecule has 0 saturated heterocycles. The van der Waals surface area contributed by atoms with Crippen molar-refractivity contribution in [1.82, 2.24) is 0 Å². The lowest BCUT2D eigenvalue weighted by molar-refractivity contribution is 0.371. The third kappa shape index (κ3) is 3.19. The fraction of sp³-hybridized carbons (Fsp3) is 0.143. The van der Waals surface area contributed by atoms with E-state index in [0.717, 1.165) is 11.6 Å². The largest absolute Gasteiger partial charge is 0.503 e. The summed E-state index contributed by atoms with van der Waals surface area (Å²) in [6.07, 6.45) is 0. The predicted octanol–water partition coefficient (Wildman–Crippen LogP) is 4.05. The lowest BCUT2D eigenvalue weighted by Gasteiger charge is -2.11. The zero-order valence-corrected chi connectivity index (χ0v) is 12.2. The number of nitrogens with one attached hydrogen (secondary N) is 1. The van der Waals surface area contributed by atoms with Crippen LogP contribution in [0.2, 0.25) is 0 Å². The normalized spacial score (nSPS) is 10.4. The van der Waals surface area contributed by atoms with Crippen LogP contribution in [0.4, 0.5) is 14.5 Å². The van der Waals surface area contributed by atoms with Crippen molar-refractivity contribution < 1.29 is 18.6 Å². The van der Waals surface area contributed by atoms with Gasteiger partial charge in [0.05, 0.1) is 17.3 Å². The second kappa shape index (κ2) is 6.09. The van der Waals surface area contributed by atoms with Crippen LogP contribution in [0.25, 0.3) is 0 Å². The van der Waals surface area contributed by atoms with E-state index < -0.39 is 11.6 Å². The van der Waals surface area contributed by atoms with Crippen LogP contribution in [0.15, 0.2) is 34.8 Å². The van der Waals surface area contributed by atoms with E-state index in [0.29, 0.717) is 16.8 Å². The Morgan fingerprint density at radius 1 is 1.25 bits per heavy atom. The van der Waals surface area contributed by atoms with Gasteiger partial charge in [0.15, 0.2) is 11.5 Å². The Balaban J connectivity index is 2.16. The topological polar surface area (TPSA) is 41.5 Å². The minimum atomic E-state index is -0.658. The predicted molar refractivity (Wildman–Crippen MR) is 76.0 cm³/mol. The summed E-state index contributed by atoms with van der Waals surface area (Å²) in [5.41, 5.74) is 0.977. The molecule has 2 aromatic rings. The first-order chi connectivity index (χ1) is 9.51. The average molecular weight is 344 g/mol. The van der Waals surface area contributed by atoms with Crippen molar-refractivity contribution in [1.29, 1.82) is 0 Å². The standard InChI is InChI=1S/C14H12BrF2NO2/c1-20-13-5-8(4-10(15)14(13)19)7-18-12-3-2-9(16)6-11(12)17/h2-6,18-19H,7H2,1H3. The summed E-state index contributed by atoms with van der Waals surface area (Å²) >= 11 is 3.21. The van der Waals surface area contributed by atoms with Crippen LogP contribution in [-0.4, -0.2) is 12.2 Å². The van der Waals surface area contributed by atoms with E-state index in [-0.39, 0.29) is 11.4 Å². The Bertz CT molecular complexity index is 635. The van der Waals surface area contributed by atoms with E-state index in [1.807, 2.05) is 0 Å². The summed E-state index contributed by atoms with van der Waals surface area (Å²) in [5.74, 6) is -0.961. The smallest absolute Gasteiger partial charge is 0.172 e. The summed E-state index contributed by atoms with van der Waals surface area (Å²) in [6.45, 7) is 0.303. The van der Waals surface area contributed by atoms with Crippen molar-refractivity contribution in [2.75, 3.05) is 12.4 Å². The summed E-state index contributed by atoms with van der Waals surface area (Å²) in [7, 11) is 1.44. The number of ether oxygens (including phenoxy) is 1. The number of anilines is 1. The fourth-order valence-electron chi connectivity index (χ4n) is 1.72. The van der Waals surface area contributed by atoms with E-state index in [1.54, 1.807) is 12.1 Å². The summed E-state index contributed by atoms with van der Waals surface area (Å²) in [4.78, 5) is 0. The minimum absolute atomic E-state index is 0.00390. The molecule has 0 aliphatic rings. The Hall–Kier alpha value is -1.82. The highest BCUT2D eigenvalue weighted by Gasteiger charge is 2.09. The highest BCUT2D eigenvalue weighted by molar-refractivity contribution is 9.10.